The highest BCUT2D eigenvalue weighted by molar-refractivity contribution is 7.80. The molecular formula is C17H9Cl3N2O2S. The molecular weight excluding hydrogens is 403 g/mol. The summed E-state index contributed by atoms with van der Waals surface area (Å²) in [4.78, 5) is 26.2. The smallest absolute Gasteiger partial charge is 0.270 e. The van der Waals surface area contributed by atoms with Crippen molar-refractivity contribution in [3.05, 3.63) is 68.7 Å². The summed E-state index contributed by atoms with van der Waals surface area (Å²) in [6.07, 6.45) is 1.44. The molecule has 4 nitrogen and oxygen atoms in total. The van der Waals surface area contributed by atoms with E-state index in [2.05, 4.69) is 5.32 Å². The Labute approximate surface area is 164 Å². The molecule has 0 radical (unpaired) electrons. The minimum atomic E-state index is -0.578. The van der Waals surface area contributed by atoms with E-state index in [0.29, 0.717) is 26.3 Å². The summed E-state index contributed by atoms with van der Waals surface area (Å²) >= 11 is 22.9. The number of carbonyl (C=O) groups excluding carboxylic acids is 2. The number of thiocarbonyl (C=S) groups is 1. The molecule has 1 fully saturated rings. The molecule has 2 aromatic rings. The Kier molecular flexibility index (Phi) is 5.11. The summed E-state index contributed by atoms with van der Waals surface area (Å²) in [6, 6.07) is 11.3. The normalized spacial score (nSPS) is 16.4. The second-order valence-corrected chi connectivity index (χ2v) is 6.75. The molecule has 0 atom stereocenters. The van der Waals surface area contributed by atoms with Crippen LogP contribution in [0.1, 0.15) is 5.56 Å². The van der Waals surface area contributed by atoms with Crippen molar-refractivity contribution < 1.29 is 9.59 Å². The van der Waals surface area contributed by atoms with E-state index in [1.54, 1.807) is 42.5 Å². The molecule has 1 saturated heterocycles. The molecule has 1 aliphatic heterocycles. The molecule has 126 valence electrons. The molecule has 0 aliphatic carbocycles. The lowest BCUT2D eigenvalue weighted by atomic mass is 10.1. The van der Waals surface area contributed by atoms with E-state index in [9.17, 15) is 9.59 Å². The summed E-state index contributed by atoms with van der Waals surface area (Å²) in [5, 5.41) is 3.74. The Morgan fingerprint density at radius 1 is 0.960 bits per heavy atom. The highest BCUT2D eigenvalue weighted by Gasteiger charge is 2.34. The molecule has 0 bridgehead atoms. The van der Waals surface area contributed by atoms with Gasteiger partial charge < -0.3 is 0 Å². The van der Waals surface area contributed by atoms with Gasteiger partial charge >= 0.3 is 0 Å². The number of hydrogen-bond acceptors (Lipinski definition) is 3. The fraction of sp³-hybridized carbons (Fsp3) is 0. The fourth-order valence-electron chi connectivity index (χ4n) is 2.25. The third kappa shape index (κ3) is 3.70. The van der Waals surface area contributed by atoms with Crippen molar-refractivity contribution in [3.8, 4) is 0 Å². The molecule has 8 heteroatoms. The summed E-state index contributed by atoms with van der Waals surface area (Å²) in [6.45, 7) is 0. The number of nitrogens with one attached hydrogen (secondary N) is 1. The van der Waals surface area contributed by atoms with Crippen LogP contribution in [0.3, 0.4) is 0 Å². The number of anilines is 1. The van der Waals surface area contributed by atoms with Crippen molar-refractivity contribution >= 4 is 75.7 Å². The zero-order valence-corrected chi connectivity index (χ0v) is 15.5. The van der Waals surface area contributed by atoms with E-state index in [0.717, 1.165) is 0 Å². The monoisotopic (exact) mass is 410 g/mol. The van der Waals surface area contributed by atoms with Gasteiger partial charge in [-0.05, 0) is 60.3 Å². The first-order chi connectivity index (χ1) is 11.9. The largest absolute Gasteiger partial charge is 0.298 e. The number of amides is 2. The van der Waals surface area contributed by atoms with E-state index in [-0.39, 0.29) is 10.7 Å². The Morgan fingerprint density at radius 3 is 2.28 bits per heavy atom. The van der Waals surface area contributed by atoms with Crippen LogP contribution in [0.15, 0.2) is 48.0 Å². The van der Waals surface area contributed by atoms with Gasteiger partial charge in [-0.15, -0.1) is 0 Å². The Bertz CT molecular complexity index is 926. The van der Waals surface area contributed by atoms with Crippen LogP contribution in [0, 0.1) is 0 Å². The molecule has 0 saturated carbocycles. The van der Waals surface area contributed by atoms with Crippen LogP contribution in [0.5, 0.6) is 0 Å². The molecule has 3 rings (SSSR count). The number of hydrogen-bond donors (Lipinski definition) is 1. The van der Waals surface area contributed by atoms with Gasteiger partial charge in [0.1, 0.15) is 5.57 Å². The van der Waals surface area contributed by atoms with Gasteiger partial charge in [0.2, 0.25) is 0 Å². The predicted octanol–water partition coefficient (Wildman–Crippen LogP) is 4.48. The number of benzene rings is 2. The van der Waals surface area contributed by atoms with Gasteiger partial charge in [-0.2, -0.15) is 0 Å². The van der Waals surface area contributed by atoms with E-state index in [4.69, 9.17) is 47.0 Å². The maximum Gasteiger partial charge on any atom is 0.270 e. The number of rotatable bonds is 2. The number of carbonyl (C=O) groups is 2. The summed E-state index contributed by atoms with van der Waals surface area (Å²) < 4.78 is 0. The minimum absolute atomic E-state index is 0.00334. The fourth-order valence-corrected chi connectivity index (χ4v) is 2.96. The molecule has 25 heavy (non-hydrogen) atoms. The Morgan fingerprint density at radius 2 is 1.64 bits per heavy atom. The Hall–Kier alpha value is -1.92. The maximum atomic E-state index is 12.8. The summed E-state index contributed by atoms with van der Waals surface area (Å²) in [5.74, 6) is -1.12. The molecule has 2 aromatic carbocycles. The quantitative estimate of drug-likeness (QED) is 0.450. The SMILES string of the molecule is O=C1NC(=S)N(c2ccc(Cl)cc2)C(=O)C1=Cc1ccc(Cl)c(Cl)c1. The van der Waals surface area contributed by atoms with Crippen LogP contribution in [0.2, 0.25) is 15.1 Å². The molecule has 1 N–H and O–H groups in total. The van der Waals surface area contributed by atoms with Crippen LogP contribution >= 0.6 is 47.0 Å². The molecule has 0 aromatic heterocycles. The summed E-state index contributed by atoms with van der Waals surface area (Å²) in [7, 11) is 0. The van der Waals surface area contributed by atoms with Crippen LogP contribution < -0.4 is 10.2 Å². The summed E-state index contributed by atoms with van der Waals surface area (Å²) in [5.41, 5.74) is 0.998. The zero-order chi connectivity index (χ0) is 18.1. The first-order valence-corrected chi connectivity index (χ1v) is 8.53. The van der Waals surface area contributed by atoms with Gasteiger partial charge in [0.25, 0.3) is 11.8 Å². The second-order valence-electron chi connectivity index (χ2n) is 5.11. The maximum absolute atomic E-state index is 12.8. The van der Waals surface area contributed by atoms with Gasteiger partial charge in [0.05, 0.1) is 15.7 Å². The van der Waals surface area contributed by atoms with Crippen LogP contribution in [0.4, 0.5) is 5.69 Å². The minimum Gasteiger partial charge on any atom is -0.298 e. The predicted molar refractivity (Wildman–Crippen MR) is 104 cm³/mol. The highest BCUT2D eigenvalue weighted by atomic mass is 35.5. The van der Waals surface area contributed by atoms with Crippen molar-refractivity contribution in [1.82, 2.24) is 5.32 Å². The average molecular weight is 412 g/mol. The van der Waals surface area contributed by atoms with Gasteiger partial charge in [0.15, 0.2) is 5.11 Å². The van der Waals surface area contributed by atoms with Crippen LogP contribution in [0.25, 0.3) is 6.08 Å². The van der Waals surface area contributed by atoms with Crippen molar-refractivity contribution in [2.45, 2.75) is 0 Å². The molecule has 1 aliphatic rings. The van der Waals surface area contributed by atoms with Crippen LogP contribution in [-0.4, -0.2) is 16.9 Å². The second kappa shape index (κ2) is 7.14. The van der Waals surface area contributed by atoms with Gasteiger partial charge in [-0.1, -0.05) is 40.9 Å². The first-order valence-electron chi connectivity index (χ1n) is 6.99. The third-order valence-electron chi connectivity index (χ3n) is 3.44. The van der Waals surface area contributed by atoms with Gasteiger partial charge in [0, 0.05) is 5.02 Å². The molecule has 2 amide bonds. The van der Waals surface area contributed by atoms with Gasteiger partial charge in [-0.3, -0.25) is 19.8 Å². The zero-order valence-electron chi connectivity index (χ0n) is 12.4. The lowest BCUT2D eigenvalue weighted by Crippen LogP contribution is -2.54. The van der Waals surface area contributed by atoms with E-state index in [1.807, 2.05) is 0 Å². The van der Waals surface area contributed by atoms with Crippen molar-refractivity contribution in [3.63, 3.8) is 0 Å². The molecule has 0 spiro atoms. The lowest BCUT2D eigenvalue weighted by Gasteiger charge is -2.28. The highest BCUT2D eigenvalue weighted by Crippen LogP contribution is 2.26. The first kappa shape index (κ1) is 17.9. The lowest BCUT2D eigenvalue weighted by molar-refractivity contribution is -0.122. The third-order valence-corrected chi connectivity index (χ3v) is 4.72. The van der Waals surface area contributed by atoms with Crippen molar-refractivity contribution in [2.24, 2.45) is 0 Å². The van der Waals surface area contributed by atoms with Crippen LogP contribution in [-0.2, 0) is 9.59 Å². The van der Waals surface area contributed by atoms with E-state index < -0.39 is 11.8 Å². The number of halogens is 3. The topological polar surface area (TPSA) is 49.4 Å². The number of nitrogens with zero attached hydrogens (tertiary/aromatic N) is 1. The standard InChI is InChI=1S/C17H9Cl3N2O2S/c18-10-2-4-11(5-3-10)22-16(24)12(15(23)21-17(22)25)7-9-1-6-13(19)14(20)8-9/h1-8H,(H,21,23,25). The van der Waals surface area contributed by atoms with Gasteiger partial charge in [-0.25, -0.2) is 0 Å². The van der Waals surface area contributed by atoms with Crippen molar-refractivity contribution in [2.75, 3.05) is 4.90 Å². The van der Waals surface area contributed by atoms with Crippen molar-refractivity contribution in [1.29, 1.82) is 0 Å². The molecule has 1 heterocycles. The van der Waals surface area contributed by atoms with E-state index >= 15 is 0 Å². The Balaban J connectivity index is 2.01. The average Bonchev–Trinajstić information content (AvgIpc) is 2.56. The van der Waals surface area contributed by atoms with E-state index in [1.165, 1.54) is 11.0 Å². The molecule has 0 unspecified atom stereocenters.